The Kier molecular flexibility index (Phi) is 3.57. The Morgan fingerprint density at radius 2 is 1.74 bits per heavy atom. The summed E-state index contributed by atoms with van der Waals surface area (Å²) in [7, 11) is -2.09. The van der Waals surface area contributed by atoms with E-state index in [4.69, 9.17) is 4.74 Å². The average Bonchev–Trinajstić information content (AvgIpc) is 2.40. The first-order chi connectivity index (χ1) is 8.98. The molecule has 0 amide bonds. The van der Waals surface area contributed by atoms with Gasteiger partial charge in [-0.3, -0.25) is 0 Å². The lowest BCUT2D eigenvalue weighted by Gasteiger charge is -2.12. The quantitative estimate of drug-likeness (QED) is 0.865. The van der Waals surface area contributed by atoms with Crippen molar-refractivity contribution < 1.29 is 13.2 Å². The highest BCUT2D eigenvalue weighted by molar-refractivity contribution is 7.91. The van der Waals surface area contributed by atoms with E-state index >= 15 is 0 Å². The lowest BCUT2D eigenvalue weighted by molar-refractivity contribution is 0.405. The first-order valence-corrected chi connectivity index (χ1v) is 7.27. The van der Waals surface area contributed by atoms with E-state index in [-0.39, 0.29) is 9.92 Å². The van der Waals surface area contributed by atoms with Crippen molar-refractivity contribution in [2.24, 2.45) is 0 Å². The van der Waals surface area contributed by atoms with Gasteiger partial charge >= 0.3 is 0 Å². The van der Waals surface area contributed by atoms with Crippen molar-refractivity contribution in [3.8, 4) is 5.75 Å². The maximum absolute atomic E-state index is 12.5. The molecule has 0 bridgehead atoms. The van der Waals surface area contributed by atoms with Gasteiger partial charge in [0.1, 0.15) is 5.75 Å². The number of rotatable bonds is 3. The number of pyridine rings is 1. The van der Waals surface area contributed by atoms with Crippen LogP contribution < -0.4 is 4.74 Å². The van der Waals surface area contributed by atoms with Crippen molar-refractivity contribution in [2.45, 2.75) is 23.8 Å². The summed E-state index contributed by atoms with van der Waals surface area (Å²) in [5.74, 6) is 0.560. The van der Waals surface area contributed by atoms with Gasteiger partial charge in [-0.15, -0.1) is 0 Å². The molecule has 0 N–H and O–H groups in total. The standard InChI is InChI=1S/C14H15NO3S/c1-10-9-15-14(11(2)13(10)18-3)19(16,17)12-7-5-4-6-8-12/h4-9H,1-3H3. The average molecular weight is 277 g/mol. The summed E-state index contributed by atoms with van der Waals surface area (Å²) in [6.07, 6.45) is 1.52. The normalized spacial score (nSPS) is 11.3. The summed E-state index contributed by atoms with van der Waals surface area (Å²) < 4.78 is 30.3. The Bertz CT molecular complexity index is 694. The van der Waals surface area contributed by atoms with Gasteiger partial charge < -0.3 is 4.74 Å². The van der Waals surface area contributed by atoms with Crippen molar-refractivity contribution in [1.29, 1.82) is 0 Å². The van der Waals surface area contributed by atoms with Crippen LogP contribution in [0.1, 0.15) is 11.1 Å². The van der Waals surface area contributed by atoms with Gasteiger partial charge in [-0.1, -0.05) is 18.2 Å². The molecule has 1 aromatic carbocycles. The summed E-state index contributed by atoms with van der Waals surface area (Å²) in [6.45, 7) is 3.53. The fourth-order valence-electron chi connectivity index (χ4n) is 2.00. The minimum atomic E-state index is -3.61. The van der Waals surface area contributed by atoms with Gasteiger partial charge in [0, 0.05) is 17.3 Å². The number of nitrogens with zero attached hydrogens (tertiary/aromatic N) is 1. The molecule has 0 unspecified atom stereocenters. The van der Waals surface area contributed by atoms with Crippen LogP contribution in [0, 0.1) is 13.8 Å². The number of aryl methyl sites for hydroxylation is 1. The minimum absolute atomic E-state index is 0.0427. The fourth-order valence-corrected chi connectivity index (χ4v) is 3.43. The molecule has 5 heteroatoms. The predicted molar refractivity (Wildman–Crippen MR) is 72.2 cm³/mol. The molecule has 0 aliphatic carbocycles. The molecule has 1 aromatic heterocycles. The monoisotopic (exact) mass is 277 g/mol. The van der Waals surface area contributed by atoms with Crippen LogP contribution in [0.4, 0.5) is 0 Å². The van der Waals surface area contributed by atoms with Gasteiger partial charge in [0.05, 0.1) is 12.0 Å². The van der Waals surface area contributed by atoms with Crippen molar-refractivity contribution in [2.75, 3.05) is 7.11 Å². The van der Waals surface area contributed by atoms with Crippen molar-refractivity contribution in [3.63, 3.8) is 0 Å². The smallest absolute Gasteiger partial charge is 0.224 e. The Hall–Kier alpha value is -1.88. The third-order valence-electron chi connectivity index (χ3n) is 2.91. The van der Waals surface area contributed by atoms with Gasteiger partial charge in [0.15, 0.2) is 5.03 Å². The number of aromatic nitrogens is 1. The van der Waals surface area contributed by atoms with E-state index in [1.807, 2.05) is 6.92 Å². The van der Waals surface area contributed by atoms with E-state index in [1.54, 1.807) is 37.3 Å². The molecule has 100 valence electrons. The number of hydrogen-bond acceptors (Lipinski definition) is 4. The summed E-state index contributed by atoms with van der Waals surface area (Å²) in [5.41, 5.74) is 1.35. The Morgan fingerprint density at radius 1 is 1.11 bits per heavy atom. The summed E-state index contributed by atoms with van der Waals surface area (Å²) >= 11 is 0. The molecule has 0 aliphatic rings. The summed E-state index contributed by atoms with van der Waals surface area (Å²) in [4.78, 5) is 4.30. The Balaban J connectivity index is 2.66. The lowest BCUT2D eigenvalue weighted by Crippen LogP contribution is -2.08. The second-order valence-electron chi connectivity index (χ2n) is 4.22. The van der Waals surface area contributed by atoms with Crippen LogP contribution in [0.25, 0.3) is 0 Å². The van der Waals surface area contributed by atoms with Crippen LogP contribution >= 0.6 is 0 Å². The van der Waals surface area contributed by atoms with Crippen molar-refractivity contribution in [3.05, 3.63) is 47.7 Å². The number of benzene rings is 1. The first kappa shape index (κ1) is 13.5. The fraction of sp³-hybridized carbons (Fsp3) is 0.214. The highest BCUT2D eigenvalue weighted by Gasteiger charge is 2.23. The van der Waals surface area contributed by atoms with Crippen molar-refractivity contribution >= 4 is 9.84 Å². The Morgan fingerprint density at radius 3 is 2.32 bits per heavy atom. The molecule has 0 fully saturated rings. The molecule has 0 aliphatic heterocycles. The lowest BCUT2D eigenvalue weighted by atomic mass is 10.2. The minimum Gasteiger partial charge on any atom is -0.496 e. The van der Waals surface area contributed by atoms with Crippen LogP contribution in [0.3, 0.4) is 0 Å². The van der Waals surface area contributed by atoms with E-state index in [0.29, 0.717) is 11.3 Å². The van der Waals surface area contributed by atoms with E-state index in [2.05, 4.69) is 4.98 Å². The molecule has 0 saturated carbocycles. The molecule has 0 atom stereocenters. The third kappa shape index (κ3) is 2.33. The van der Waals surface area contributed by atoms with Gasteiger partial charge in [-0.05, 0) is 26.0 Å². The highest BCUT2D eigenvalue weighted by atomic mass is 32.2. The summed E-state index contributed by atoms with van der Waals surface area (Å²) in [5, 5.41) is 0.0427. The summed E-state index contributed by atoms with van der Waals surface area (Å²) in [6, 6.07) is 8.27. The Labute approximate surface area is 113 Å². The maximum atomic E-state index is 12.5. The van der Waals surface area contributed by atoms with Crippen LogP contribution in [-0.2, 0) is 9.84 Å². The van der Waals surface area contributed by atoms with E-state index in [0.717, 1.165) is 5.56 Å². The predicted octanol–water partition coefficient (Wildman–Crippen LogP) is 2.54. The number of ether oxygens (including phenoxy) is 1. The highest BCUT2D eigenvalue weighted by Crippen LogP contribution is 2.29. The second kappa shape index (κ2) is 5.01. The second-order valence-corrected chi connectivity index (χ2v) is 6.09. The van der Waals surface area contributed by atoms with E-state index < -0.39 is 9.84 Å². The van der Waals surface area contributed by atoms with Gasteiger partial charge in [0.2, 0.25) is 9.84 Å². The molecule has 19 heavy (non-hydrogen) atoms. The van der Waals surface area contributed by atoms with Crippen LogP contribution in [0.2, 0.25) is 0 Å². The molecular formula is C14H15NO3S. The molecular weight excluding hydrogens is 262 g/mol. The number of sulfone groups is 1. The topological polar surface area (TPSA) is 56.3 Å². The van der Waals surface area contributed by atoms with Crippen molar-refractivity contribution in [1.82, 2.24) is 4.98 Å². The van der Waals surface area contributed by atoms with Gasteiger partial charge in [-0.2, -0.15) is 0 Å². The zero-order valence-electron chi connectivity index (χ0n) is 11.0. The first-order valence-electron chi connectivity index (χ1n) is 5.79. The maximum Gasteiger partial charge on any atom is 0.224 e. The zero-order valence-corrected chi connectivity index (χ0v) is 11.9. The number of hydrogen-bond donors (Lipinski definition) is 0. The molecule has 2 rings (SSSR count). The molecule has 0 spiro atoms. The zero-order chi connectivity index (χ0) is 14.0. The SMILES string of the molecule is COc1c(C)cnc(S(=O)(=O)c2ccccc2)c1C. The van der Waals surface area contributed by atoms with Crippen LogP contribution in [0.15, 0.2) is 46.5 Å². The van der Waals surface area contributed by atoms with Crippen LogP contribution in [0.5, 0.6) is 5.75 Å². The van der Waals surface area contributed by atoms with Crippen LogP contribution in [-0.4, -0.2) is 20.5 Å². The van der Waals surface area contributed by atoms with Gasteiger partial charge in [0.25, 0.3) is 0 Å². The molecule has 1 heterocycles. The largest absolute Gasteiger partial charge is 0.496 e. The molecule has 2 aromatic rings. The molecule has 0 saturated heterocycles. The molecule has 0 radical (unpaired) electrons. The van der Waals surface area contributed by atoms with Gasteiger partial charge in [-0.25, -0.2) is 13.4 Å². The van der Waals surface area contributed by atoms with E-state index in [1.165, 1.54) is 13.3 Å². The molecule has 4 nitrogen and oxygen atoms in total. The number of methoxy groups -OCH3 is 1. The van der Waals surface area contributed by atoms with E-state index in [9.17, 15) is 8.42 Å². The third-order valence-corrected chi connectivity index (χ3v) is 4.72.